The van der Waals surface area contributed by atoms with Gasteiger partial charge in [-0.3, -0.25) is 4.79 Å². The first-order valence-corrected chi connectivity index (χ1v) is 8.57. The molecule has 0 saturated heterocycles. The van der Waals surface area contributed by atoms with Gasteiger partial charge in [-0.2, -0.15) is 9.78 Å². The average molecular weight is 355 g/mol. The molecule has 1 heterocycles. The van der Waals surface area contributed by atoms with Gasteiger partial charge in [-0.15, -0.1) is 0 Å². The summed E-state index contributed by atoms with van der Waals surface area (Å²) >= 11 is 1.41. The molecular formula is C19H18FN3OS. The van der Waals surface area contributed by atoms with Crippen LogP contribution in [0, 0.1) is 12.7 Å². The number of aromatic nitrogens is 2. The summed E-state index contributed by atoms with van der Waals surface area (Å²) in [6, 6.07) is 13.7. The number of halogens is 1. The molecule has 25 heavy (non-hydrogen) atoms. The van der Waals surface area contributed by atoms with Crippen molar-refractivity contribution in [2.45, 2.75) is 16.7 Å². The van der Waals surface area contributed by atoms with Gasteiger partial charge in [-0.05, 0) is 61.0 Å². The monoisotopic (exact) mass is 355 g/mol. The van der Waals surface area contributed by atoms with E-state index >= 15 is 0 Å². The van der Waals surface area contributed by atoms with Crippen LogP contribution in [0.25, 0.3) is 5.69 Å². The third-order valence-electron chi connectivity index (χ3n) is 3.76. The van der Waals surface area contributed by atoms with Crippen molar-refractivity contribution in [2.24, 2.45) is 0 Å². The van der Waals surface area contributed by atoms with E-state index in [4.69, 9.17) is 0 Å². The predicted molar refractivity (Wildman–Crippen MR) is 99.4 cm³/mol. The number of hydrogen-bond donors (Lipinski definition) is 0. The van der Waals surface area contributed by atoms with Crippen LogP contribution < -0.4 is 10.5 Å². The molecule has 0 saturated carbocycles. The lowest BCUT2D eigenvalue weighted by molar-refractivity contribution is 0.626. The van der Waals surface area contributed by atoms with E-state index in [9.17, 15) is 9.18 Å². The fourth-order valence-corrected chi connectivity index (χ4v) is 3.24. The van der Waals surface area contributed by atoms with Gasteiger partial charge in [-0.25, -0.2) is 4.39 Å². The highest BCUT2D eigenvalue weighted by molar-refractivity contribution is 7.99. The maximum absolute atomic E-state index is 13.1. The second-order valence-electron chi connectivity index (χ2n) is 5.84. The zero-order chi connectivity index (χ0) is 18.0. The Balaban J connectivity index is 1.97. The summed E-state index contributed by atoms with van der Waals surface area (Å²) in [7, 11) is 3.97. The van der Waals surface area contributed by atoms with Gasteiger partial charge >= 0.3 is 0 Å². The first-order valence-electron chi connectivity index (χ1n) is 7.76. The molecule has 3 rings (SSSR count). The molecule has 6 heteroatoms. The van der Waals surface area contributed by atoms with E-state index in [2.05, 4.69) is 5.10 Å². The Kier molecular flexibility index (Phi) is 4.90. The van der Waals surface area contributed by atoms with Crippen molar-refractivity contribution >= 4 is 17.4 Å². The van der Waals surface area contributed by atoms with E-state index in [1.54, 1.807) is 18.3 Å². The SMILES string of the molecule is Cc1cnn(-c2ccc(F)cc2)c(=O)c1Sc1ccc(N(C)C)cc1. The molecule has 0 radical (unpaired) electrons. The van der Waals surface area contributed by atoms with Crippen molar-refractivity contribution in [3.05, 3.63) is 76.5 Å². The van der Waals surface area contributed by atoms with Crippen molar-refractivity contribution in [3.63, 3.8) is 0 Å². The minimum absolute atomic E-state index is 0.215. The predicted octanol–water partition coefficient (Wildman–Crippen LogP) is 3.90. The maximum atomic E-state index is 13.1. The molecule has 0 bridgehead atoms. The zero-order valence-electron chi connectivity index (χ0n) is 14.2. The maximum Gasteiger partial charge on any atom is 0.285 e. The smallest absolute Gasteiger partial charge is 0.285 e. The summed E-state index contributed by atoms with van der Waals surface area (Å²) in [5.41, 5.74) is 2.23. The van der Waals surface area contributed by atoms with Crippen LogP contribution >= 0.6 is 11.8 Å². The Morgan fingerprint density at radius 2 is 1.68 bits per heavy atom. The molecule has 0 spiro atoms. The van der Waals surface area contributed by atoms with Gasteiger partial charge in [0.05, 0.1) is 16.8 Å². The van der Waals surface area contributed by atoms with Gasteiger partial charge in [-0.1, -0.05) is 11.8 Å². The fraction of sp³-hybridized carbons (Fsp3) is 0.158. The number of aryl methyl sites for hydroxylation is 1. The van der Waals surface area contributed by atoms with Gasteiger partial charge in [0.25, 0.3) is 5.56 Å². The van der Waals surface area contributed by atoms with Crippen LogP contribution in [0.5, 0.6) is 0 Å². The summed E-state index contributed by atoms with van der Waals surface area (Å²) < 4.78 is 14.4. The van der Waals surface area contributed by atoms with Crippen molar-refractivity contribution in [2.75, 3.05) is 19.0 Å². The Labute approximate surface area is 149 Å². The zero-order valence-corrected chi connectivity index (χ0v) is 15.0. The van der Waals surface area contributed by atoms with Gasteiger partial charge in [0.15, 0.2) is 0 Å². The first-order chi connectivity index (χ1) is 12.0. The van der Waals surface area contributed by atoms with Crippen molar-refractivity contribution in [1.82, 2.24) is 9.78 Å². The van der Waals surface area contributed by atoms with Crippen LogP contribution in [0.15, 0.2) is 69.3 Å². The molecule has 0 atom stereocenters. The highest BCUT2D eigenvalue weighted by atomic mass is 32.2. The topological polar surface area (TPSA) is 38.1 Å². The fourth-order valence-electron chi connectivity index (χ4n) is 2.34. The minimum Gasteiger partial charge on any atom is -0.378 e. The van der Waals surface area contributed by atoms with Crippen molar-refractivity contribution < 1.29 is 4.39 Å². The Hall–Kier alpha value is -2.60. The van der Waals surface area contributed by atoms with Crippen molar-refractivity contribution in [3.8, 4) is 5.69 Å². The van der Waals surface area contributed by atoms with Gasteiger partial charge in [0.2, 0.25) is 0 Å². The molecule has 0 unspecified atom stereocenters. The Bertz CT molecular complexity index is 934. The first kappa shape index (κ1) is 17.2. The molecule has 0 fully saturated rings. The number of nitrogens with zero attached hydrogens (tertiary/aromatic N) is 3. The lowest BCUT2D eigenvalue weighted by Crippen LogP contribution is -2.23. The van der Waals surface area contributed by atoms with Crippen LogP contribution in [0.3, 0.4) is 0 Å². The summed E-state index contributed by atoms with van der Waals surface area (Å²) in [5, 5.41) is 4.18. The lowest BCUT2D eigenvalue weighted by Gasteiger charge is -2.13. The molecule has 0 aliphatic carbocycles. The van der Waals surface area contributed by atoms with Crippen LogP contribution in [0.4, 0.5) is 10.1 Å². The third kappa shape index (κ3) is 3.74. The van der Waals surface area contributed by atoms with Crippen LogP contribution in [0.1, 0.15) is 5.56 Å². The molecule has 2 aromatic carbocycles. The standard InChI is InChI=1S/C19H18FN3OS/c1-13-12-21-23(16-6-4-14(20)5-7-16)19(24)18(13)25-17-10-8-15(9-11-17)22(2)3/h4-12H,1-3H3. The van der Waals surface area contributed by atoms with Crippen LogP contribution in [-0.2, 0) is 0 Å². The summed E-state index contributed by atoms with van der Waals surface area (Å²) in [4.78, 5) is 16.4. The van der Waals surface area contributed by atoms with Gasteiger partial charge < -0.3 is 4.90 Å². The second kappa shape index (κ2) is 7.11. The summed E-state index contributed by atoms with van der Waals surface area (Å²) in [6.07, 6.45) is 1.65. The molecule has 0 aliphatic rings. The van der Waals surface area contributed by atoms with Crippen LogP contribution in [-0.4, -0.2) is 23.9 Å². The Morgan fingerprint density at radius 3 is 2.28 bits per heavy atom. The molecule has 0 amide bonds. The lowest BCUT2D eigenvalue weighted by atomic mass is 10.3. The molecular weight excluding hydrogens is 337 g/mol. The molecule has 1 aromatic heterocycles. The number of benzene rings is 2. The quantitative estimate of drug-likeness (QED) is 0.711. The minimum atomic E-state index is -0.348. The second-order valence-corrected chi connectivity index (χ2v) is 6.92. The molecule has 0 aliphatic heterocycles. The van der Waals surface area contributed by atoms with Crippen LogP contribution in [0.2, 0.25) is 0 Å². The summed E-state index contributed by atoms with van der Waals surface area (Å²) in [6.45, 7) is 1.86. The van der Waals surface area contributed by atoms with E-state index in [0.29, 0.717) is 10.6 Å². The average Bonchev–Trinajstić information content (AvgIpc) is 2.60. The van der Waals surface area contributed by atoms with E-state index < -0.39 is 0 Å². The molecule has 4 nitrogen and oxygen atoms in total. The highest BCUT2D eigenvalue weighted by Crippen LogP contribution is 2.28. The molecule has 0 N–H and O–H groups in total. The third-order valence-corrected chi connectivity index (χ3v) is 4.96. The van der Waals surface area contributed by atoms with E-state index in [1.807, 2.05) is 50.2 Å². The van der Waals surface area contributed by atoms with Gasteiger partial charge in [0.1, 0.15) is 5.82 Å². The van der Waals surface area contributed by atoms with Gasteiger partial charge in [0, 0.05) is 24.7 Å². The van der Waals surface area contributed by atoms with E-state index in [-0.39, 0.29) is 11.4 Å². The highest BCUT2D eigenvalue weighted by Gasteiger charge is 2.12. The normalized spacial score (nSPS) is 10.7. The summed E-state index contributed by atoms with van der Waals surface area (Å²) in [5.74, 6) is -0.348. The van der Waals surface area contributed by atoms with E-state index in [0.717, 1.165) is 16.1 Å². The molecule has 128 valence electrons. The van der Waals surface area contributed by atoms with E-state index in [1.165, 1.54) is 28.6 Å². The van der Waals surface area contributed by atoms with Crippen molar-refractivity contribution in [1.29, 1.82) is 0 Å². The largest absolute Gasteiger partial charge is 0.378 e. The number of anilines is 1. The Morgan fingerprint density at radius 1 is 1.04 bits per heavy atom. The number of rotatable bonds is 4. The number of hydrogen-bond acceptors (Lipinski definition) is 4. The molecule has 3 aromatic rings.